The van der Waals surface area contributed by atoms with E-state index in [1.54, 1.807) is 14.2 Å². The molecule has 0 amide bonds. The minimum Gasteiger partial charge on any atom is -0.388 e. The van der Waals surface area contributed by atoms with Crippen molar-refractivity contribution < 1.29 is 9.47 Å². The summed E-state index contributed by atoms with van der Waals surface area (Å²) in [5.74, 6) is 0. The molecule has 0 N–H and O–H groups in total. The van der Waals surface area contributed by atoms with Gasteiger partial charge in [0, 0.05) is 26.7 Å². The number of ether oxygens (including phenoxy) is 2. The summed E-state index contributed by atoms with van der Waals surface area (Å²) in [6.45, 7) is 11.6. The van der Waals surface area contributed by atoms with E-state index in [-0.39, 0.29) is 0 Å². The van der Waals surface area contributed by atoms with Crippen LogP contribution in [0.4, 0.5) is 0 Å². The summed E-state index contributed by atoms with van der Waals surface area (Å²) in [4.78, 5) is 0. The van der Waals surface area contributed by atoms with E-state index in [0.29, 0.717) is 10.6 Å². The van der Waals surface area contributed by atoms with Crippen molar-refractivity contribution in [1.82, 2.24) is 0 Å². The minimum absolute atomic E-state index is 0.327. The molecule has 86 valence electrons. The number of rotatable bonds is 5. The first-order valence-electron chi connectivity index (χ1n) is 5.29. The predicted octanol–water partition coefficient (Wildman–Crippen LogP) is 3.02. The van der Waals surface area contributed by atoms with Crippen molar-refractivity contribution >= 4 is 8.07 Å². The molecular weight excluding hydrogens is 192 g/mol. The summed E-state index contributed by atoms with van der Waals surface area (Å²) >= 11 is 0. The van der Waals surface area contributed by atoms with Crippen LogP contribution in [0.5, 0.6) is 0 Å². The average molecular weight is 218 g/mol. The molecule has 14 heavy (non-hydrogen) atoms. The zero-order valence-electron chi connectivity index (χ0n) is 10.8. The molecule has 3 heteroatoms. The van der Waals surface area contributed by atoms with Gasteiger partial charge in [-0.2, -0.15) is 0 Å². The van der Waals surface area contributed by atoms with Gasteiger partial charge < -0.3 is 9.47 Å². The molecule has 0 aliphatic carbocycles. The lowest BCUT2D eigenvalue weighted by Gasteiger charge is -2.45. The molecule has 0 aromatic carbocycles. The van der Waals surface area contributed by atoms with E-state index in [2.05, 4.69) is 34.6 Å². The van der Waals surface area contributed by atoms with Crippen molar-refractivity contribution in [2.24, 2.45) is 0 Å². The van der Waals surface area contributed by atoms with Gasteiger partial charge in [0.2, 0.25) is 0 Å². The first-order chi connectivity index (χ1) is 6.31. The molecule has 0 radical (unpaired) electrons. The molecule has 0 rings (SSSR count). The van der Waals surface area contributed by atoms with Crippen LogP contribution in [0.3, 0.4) is 0 Å². The van der Waals surface area contributed by atoms with Gasteiger partial charge in [0.15, 0.2) is 0 Å². The van der Waals surface area contributed by atoms with E-state index in [9.17, 15) is 0 Å². The topological polar surface area (TPSA) is 18.5 Å². The zero-order valence-corrected chi connectivity index (χ0v) is 11.8. The van der Waals surface area contributed by atoms with Crippen molar-refractivity contribution in [3.8, 4) is 0 Å². The van der Waals surface area contributed by atoms with Gasteiger partial charge in [-0.3, -0.25) is 0 Å². The van der Waals surface area contributed by atoms with Crippen LogP contribution in [0.25, 0.3) is 0 Å². The summed E-state index contributed by atoms with van der Waals surface area (Å²) in [6.07, 6.45) is 1.78. The molecule has 0 spiro atoms. The summed E-state index contributed by atoms with van der Waals surface area (Å²) < 4.78 is 10.9. The Morgan fingerprint density at radius 3 is 1.50 bits per heavy atom. The smallest absolute Gasteiger partial charge is 0.120 e. The number of hydrogen-bond donors (Lipinski definition) is 0. The molecule has 0 heterocycles. The highest BCUT2D eigenvalue weighted by Gasteiger charge is 2.47. The van der Waals surface area contributed by atoms with E-state index in [0.717, 1.165) is 12.5 Å². The van der Waals surface area contributed by atoms with Crippen LogP contribution < -0.4 is 0 Å². The maximum absolute atomic E-state index is 5.43. The van der Waals surface area contributed by atoms with Gasteiger partial charge in [-0.1, -0.05) is 34.6 Å². The fourth-order valence-electron chi connectivity index (χ4n) is 2.19. The van der Waals surface area contributed by atoms with Crippen LogP contribution in [0.15, 0.2) is 0 Å². The molecule has 0 aliphatic heterocycles. The Kier molecular flexibility index (Phi) is 5.34. The second kappa shape index (κ2) is 5.28. The van der Waals surface area contributed by atoms with Crippen molar-refractivity contribution in [3.63, 3.8) is 0 Å². The zero-order chi connectivity index (χ0) is 11.4. The third-order valence-corrected chi connectivity index (χ3v) is 10.2. The van der Waals surface area contributed by atoms with Gasteiger partial charge in [-0.25, -0.2) is 0 Å². The van der Waals surface area contributed by atoms with Gasteiger partial charge in [-0.15, -0.1) is 0 Å². The molecule has 0 aliphatic rings. The maximum Gasteiger partial charge on any atom is 0.120 e. The maximum atomic E-state index is 5.43. The quantitative estimate of drug-likeness (QED) is 0.660. The Morgan fingerprint density at radius 1 is 1.00 bits per heavy atom. The molecule has 0 fully saturated rings. The van der Waals surface area contributed by atoms with Gasteiger partial charge in [0.25, 0.3) is 0 Å². The lowest BCUT2D eigenvalue weighted by molar-refractivity contribution is 0.207. The average Bonchev–Trinajstić information content (AvgIpc) is 2.01. The molecule has 0 saturated carbocycles. The molecule has 2 nitrogen and oxygen atoms in total. The van der Waals surface area contributed by atoms with E-state index in [4.69, 9.17) is 9.47 Å². The Labute approximate surface area is 90.0 Å². The highest BCUT2D eigenvalue weighted by atomic mass is 28.3. The number of methoxy groups -OCH3 is 2. The Hall–Kier alpha value is 0.137. The third-order valence-electron chi connectivity index (χ3n) is 3.40. The molecule has 0 aromatic rings. The first-order valence-corrected chi connectivity index (χ1v) is 7.79. The first kappa shape index (κ1) is 14.1. The van der Waals surface area contributed by atoms with Crippen LogP contribution in [-0.4, -0.2) is 34.8 Å². The van der Waals surface area contributed by atoms with Crippen LogP contribution in [0, 0.1) is 0 Å². The fraction of sp³-hybridized carbons (Fsp3) is 1.00. The van der Waals surface area contributed by atoms with Crippen LogP contribution >= 0.6 is 0 Å². The minimum atomic E-state index is -1.52. The van der Waals surface area contributed by atoms with Crippen molar-refractivity contribution in [2.75, 3.05) is 26.7 Å². The fourth-order valence-corrected chi connectivity index (χ4v) is 6.57. The normalized spacial score (nSPS) is 13.7. The SMILES string of the molecule is COC[Si](COC)(C(C)C)C(C)(C)C. The lowest BCUT2D eigenvalue weighted by atomic mass is 10.2. The number of hydrogen-bond acceptors (Lipinski definition) is 2. The van der Waals surface area contributed by atoms with Crippen molar-refractivity contribution in [1.29, 1.82) is 0 Å². The monoisotopic (exact) mass is 218 g/mol. The van der Waals surface area contributed by atoms with Crippen molar-refractivity contribution in [2.45, 2.75) is 45.2 Å². The van der Waals surface area contributed by atoms with Crippen LogP contribution in [0.1, 0.15) is 34.6 Å². The second-order valence-corrected chi connectivity index (χ2v) is 11.0. The van der Waals surface area contributed by atoms with Crippen LogP contribution in [0.2, 0.25) is 10.6 Å². The summed E-state index contributed by atoms with van der Waals surface area (Å²) in [7, 11) is 2.08. The Bertz CT molecular complexity index is 155. The van der Waals surface area contributed by atoms with E-state index >= 15 is 0 Å². The molecule has 0 aromatic heterocycles. The van der Waals surface area contributed by atoms with E-state index < -0.39 is 8.07 Å². The van der Waals surface area contributed by atoms with Gasteiger partial charge in [0.1, 0.15) is 8.07 Å². The lowest BCUT2D eigenvalue weighted by Crippen LogP contribution is -2.55. The van der Waals surface area contributed by atoms with Gasteiger partial charge >= 0.3 is 0 Å². The Balaban J connectivity index is 4.94. The second-order valence-electron chi connectivity index (χ2n) is 5.43. The molecular formula is C11H26O2Si. The molecule has 0 saturated heterocycles. The van der Waals surface area contributed by atoms with E-state index in [1.807, 2.05) is 0 Å². The van der Waals surface area contributed by atoms with Crippen molar-refractivity contribution in [3.05, 3.63) is 0 Å². The standard InChI is InChI=1S/C11H26O2Si/c1-10(2)14(8-12-6,9-13-7)11(3,4)5/h10H,8-9H2,1-7H3. The highest BCUT2D eigenvalue weighted by molar-refractivity contribution is 6.83. The summed E-state index contributed by atoms with van der Waals surface area (Å²) in [6, 6.07) is 0. The van der Waals surface area contributed by atoms with Gasteiger partial charge in [-0.05, 0) is 10.6 Å². The van der Waals surface area contributed by atoms with Crippen LogP contribution in [-0.2, 0) is 9.47 Å². The summed E-state index contributed by atoms with van der Waals surface area (Å²) in [5.41, 5.74) is 0.683. The van der Waals surface area contributed by atoms with Gasteiger partial charge in [0.05, 0.1) is 0 Å². The highest BCUT2D eigenvalue weighted by Crippen LogP contribution is 2.43. The van der Waals surface area contributed by atoms with E-state index in [1.165, 1.54) is 0 Å². The summed E-state index contributed by atoms with van der Waals surface area (Å²) in [5, 5.41) is 0.327. The Morgan fingerprint density at radius 2 is 1.36 bits per heavy atom. The third kappa shape index (κ3) is 2.81. The molecule has 0 bridgehead atoms. The molecule has 0 atom stereocenters. The predicted molar refractivity (Wildman–Crippen MR) is 64.3 cm³/mol. The molecule has 0 unspecified atom stereocenters. The largest absolute Gasteiger partial charge is 0.388 e.